The number of amides is 1. The Labute approximate surface area is 83.4 Å². The van der Waals surface area contributed by atoms with Crippen molar-refractivity contribution < 1.29 is 10.0 Å². The van der Waals surface area contributed by atoms with Gasteiger partial charge in [0.2, 0.25) is 5.91 Å². The van der Waals surface area contributed by atoms with Gasteiger partial charge in [-0.05, 0) is 25.7 Å². The zero-order valence-corrected chi connectivity index (χ0v) is 8.79. The molecule has 1 aliphatic heterocycles. The Morgan fingerprint density at radius 3 is 2.57 bits per heavy atom. The lowest BCUT2D eigenvalue weighted by atomic mass is 9.70. The predicted molar refractivity (Wildman–Crippen MR) is 52.0 cm³/mol. The van der Waals surface area contributed by atoms with Crippen LogP contribution in [0, 0.1) is 16.7 Å². The average Bonchev–Trinajstić information content (AvgIpc) is 2.42. The summed E-state index contributed by atoms with van der Waals surface area (Å²) < 4.78 is 0. The second kappa shape index (κ2) is 2.49. The fourth-order valence-electron chi connectivity index (χ4n) is 3.14. The van der Waals surface area contributed by atoms with Gasteiger partial charge in [0.05, 0.1) is 5.41 Å². The van der Waals surface area contributed by atoms with Crippen LogP contribution in [0.25, 0.3) is 0 Å². The summed E-state index contributed by atoms with van der Waals surface area (Å²) >= 11 is 0. The minimum atomic E-state index is -0.395. The molecule has 2 rings (SSSR count). The van der Waals surface area contributed by atoms with Crippen molar-refractivity contribution in [3.63, 3.8) is 0 Å². The summed E-state index contributed by atoms with van der Waals surface area (Å²) in [7, 11) is 0. The Balaban J connectivity index is 2.51. The molecule has 3 atom stereocenters. The lowest BCUT2D eigenvalue weighted by Gasteiger charge is -2.29. The van der Waals surface area contributed by atoms with Gasteiger partial charge in [-0.1, -0.05) is 19.0 Å². The highest BCUT2D eigenvalue weighted by molar-refractivity contribution is 6.12. The number of carbonyl (C=O) groups excluding carboxylic acids is 1. The maximum atomic E-state index is 11.8. The van der Waals surface area contributed by atoms with Crippen LogP contribution in [0.4, 0.5) is 0 Å². The van der Waals surface area contributed by atoms with E-state index in [0.29, 0.717) is 11.8 Å². The summed E-state index contributed by atoms with van der Waals surface area (Å²) in [4.78, 5) is 11.8. The van der Waals surface area contributed by atoms with Gasteiger partial charge in [-0.3, -0.25) is 4.79 Å². The Kier molecular flexibility index (Phi) is 1.69. The third kappa shape index (κ3) is 0.837. The first-order valence-corrected chi connectivity index (χ1v) is 4.98. The van der Waals surface area contributed by atoms with E-state index in [1.807, 2.05) is 13.8 Å². The number of fused-ring (bicyclic) bond motifs is 1. The molecule has 1 amide bonds. The lowest BCUT2D eigenvalue weighted by Crippen LogP contribution is -2.35. The molecule has 4 nitrogen and oxygen atoms in total. The first-order chi connectivity index (χ1) is 6.44. The molecule has 1 aliphatic carbocycles. The van der Waals surface area contributed by atoms with Crippen molar-refractivity contribution in [2.45, 2.75) is 33.6 Å². The van der Waals surface area contributed by atoms with Gasteiger partial charge in [0, 0.05) is 5.41 Å². The first kappa shape index (κ1) is 9.49. The molecule has 0 aromatic carbocycles. The minimum Gasteiger partial charge on any atom is -0.409 e. The van der Waals surface area contributed by atoms with Crippen LogP contribution in [-0.2, 0) is 4.79 Å². The van der Waals surface area contributed by atoms with E-state index in [1.165, 1.54) is 0 Å². The van der Waals surface area contributed by atoms with E-state index >= 15 is 0 Å². The smallest absolute Gasteiger partial charge is 0.232 e. The fourth-order valence-corrected chi connectivity index (χ4v) is 3.14. The molecule has 4 heteroatoms. The zero-order chi connectivity index (χ0) is 10.6. The molecule has 0 spiro atoms. The van der Waals surface area contributed by atoms with Gasteiger partial charge < -0.3 is 10.5 Å². The molecule has 0 bridgehead atoms. The summed E-state index contributed by atoms with van der Waals surface area (Å²) in [6, 6.07) is 0. The van der Waals surface area contributed by atoms with Crippen LogP contribution in [0.5, 0.6) is 0 Å². The predicted octanol–water partition coefficient (Wildman–Crippen LogP) is 1.35. The molecule has 0 aromatic rings. The fraction of sp³-hybridized carbons (Fsp3) is 0.800. The van der Waals surface area contributed by atoms with Crippen LogP contribution in [0.2, 0.25) is 0 Å². The van der Waals surface area contributed by atoms with E-state index < -0.39 is 5.41 Å². The monoisotopic (exact) mass is 196 g/mol. The van der Waals surface area contributed by atoms with Crippen LogP contribution in [0.3, 0.4) is 0 Å². The van der Waals surface area contributed by atoms with Crippen molar-refractivity contribution in [2.24, 2.45) is 21.9 Å². The number of oxime groups is 1. The molecular formula is C10H16N2O2. The highest BCUT2D eigenvalue weighted by atomic mass is 16.4. The van der Waals surface area contributed by atoms with E-state index in [4.69, 9.17) is 5.21 Å². The van der Waals surface area contributed by atoms with Crippen LogP contribution in [0.15, 0.2) is 5.16 Å². The molecule has 3 unspecified atom stereocenters. The molecule has 1 heterocycles. The summed E-state index contributed by atoms with van der Waals surface area (Å²) in [6.45, 7) is 6.10. The maximum absolute atomic E-state index is 11.8. The first-order valence-electron chi connectivity index (χ1n) is 4.98. The van der Waals surface area contributed by atoms with Crippen LogP contribution < -0.4 is 5.32 Å². The van der Waals surface area contributed by atoms with Crippen LogP contribution >= 0.6 is 0 Å². The van der Waals surface area contributed by atoms with E-state index in [2.05, 4.69) is 17.4 Å². The van der Waals surface area contributed by atoms with Gasteiger partial charge >= 0.3 is 0 Å². The van der Waals surface area contributed by atoms with E-state index in [9.17, 15) is 4.79 Å². The molecule has 1 saturated carbocycles. The molecular weight excluding hydrogens is 180 g/mol. The largest absolute Gasteiger partial charge is 0.409 e. The molecule has 0 radical (unpaired) electrons. The van der Waals surface area contributed by atoms with Gasteiger partial charge in [0.15, 0.2) is 5.84 Å². The van der Waals surface area contributed by atoms with Crippen LogP contribution in [0.1, 0.15) is 33.6 Å². The minimum absolute atomic E-state index is 0.00264. The number of nitrogens with zero attached hydrogens (tertiary/aromatic N) is 1. The quantitative estimate of drug-likeness (QED) is 0.453. The van der Waals surface area contributed by atoms with Crippen molar-refractivity contribution >= 4 is 11.7 Å². The van der Waals surface area contributed by atoms with E-state index in [0.717, 1.165) is 12.8 Å². The molecule has 14 heavy (non-hydrogen) atoms. The van der Waals surface area contributed by atoms with Gasteiger partial charge in [-0.25, -0.2) is 0 Å². The van der Waals surface area contributed by atoms with Gasteiger partial charge in [0.1, 0.15) is 0 Å². The normalized spacial score (nSPS) is 49.5. The number of hydrogen-bond acceptors (Lipinski definition) is 3. The zero-order valence-electron chi connectivity index (χ0n) is 8.79. The van der Waals surface area contributed by atoms with Crippen molar-refractivity contribution in [3.8, 4) is 0 Å². The topological polar surface area (TPSA) is 61.7 Å². The summed E-state index contributed by atoms with van der Waals surface area (Å²) in [5.41, 5.74) is -0.702. The standard InChI is InChI=1S/C10H16N2O2/c1-6-4-9(2)7(12-14)11-8(13)10(9,3)5-6/h6,14H,4-5H2,1-3H3,(H,11,12,13). The molecule has 2 N–H and O–H groups in total. The highest BCUT2D eigenvalue weighted by Crippen LogP contribution is 2.58. The maximum Gasteiger partial charge on any atom is 0.232 e. The van der Waals surface area contributed by atoms with Gasteiger partial charge in [-0.2, -0.15) is 0 Å². The Morgan fingerprint density at radius 1 is 1.43 bits per heavy atom. The van der Waals surface area contributed by atoms with Crippen molar-refractivity contribution in [3.05, 3.63) is 0 Å². The van der Waals surface area contributed by atoms with Gasteiger partial charge in [-0.15, -0.1) is 0 Å². The summed E-state index contributed by atoms with van der Waals surface area (Å²) in [6.07, 6.45) is 1.77. The molecule has 2 fully saturated rings. The SMILES string of the molecule is CC1CC2(C)C(=O)N/C(=N/O)C2(C)C1. The number of rotatable bonds is 0. The van der Waals surface area contributed by atoms with Gasteiger partial charge in [0.25, 0.3) is 0 Å². The highest BCUT2D eigenvalue weighted by Gasteiger charge is 2.63. The molecule has 78 valence electrons. The second-order valence-corrected chi connectivity index (χ2v) is 5.08. The Bertz CT molecular complexity index is 326. The summed E-state index contributed by atoms with van der Waals surface area (Å²) in [5.74, 6) is 0.944. The van der Waals surface area contributed by atoms with E-state index in [1.54, 1.807) is 0 Å². The molecule has 0 aromatic heterocycles. The lowest BCUT2D eigenvalue weighted by molar-refractivity contribution is -0.128. The van der Waals surface area contributed by atoms with E-state index in [-0.39, 0.29) is 11.3 Å². The third-order valence-corrected chi connectivity index (χ3v) is 4.09. The van der Waals surface area contributed by atoms with Crippen molar-refractivity contribution in [2.75, 3.05) is 0 Å². The Hall–Kier alpha value is -1.06. The second-order valence-electron chi connectivity index (χ2n) is 5.08. The number of hydrogen-bond donors (Lipinski definition) is 2. The number of amidine groups is 1. The molecule has 2 aliphatic rings. The summed E-state index contributed by atoms with van der Waals surface area (Å²) in [5, 5.41) is 14.8. The van der Waals surface area contributed by atoms with Crippen LogP contribution in [-0.4, -0.2) is 17.0 Å². The molecule has 1 saturated heterocycles. The number of carbonyl (C=O) groups is 1. The number of nitrogens with one attached hydrogen (secondary N) is 1. The Morgan fingerprint density at radius 2 is 2.00 bits per heavy atom. The van der Waals surface area contributed by atoms with Crippen molar-refractivity contribution in [1.82, 2.24) is 5.32 Å². The third-order valence-electron chi connectivity index (χ3n) is 4.09. The average molecular weight is 196 g/mol. The van der Waals surface area contributed by atoms with Crippen molar-refractivity contribution in [1.29, 1.82) is 0 Å².